The van der Waals surface area contributed by atoms with Crippen molar-refractivity contribution in [3.63, 3.8) is 0 Å². The fourth-order valence-corrected chi connectivity index (χ4v) is 1.29. The van der Waals surface area contributed by atoms with Crippen molar-refractivity contribution in [1.82, 2.24) is 20.0 Å². The number of nitrogens with zero attached hydrogens (tertiary/aromatic N) is 4. The fraction of sp³-hybridized carbons (Fsp3) is 0.100. The molecule has 18 heavy (non-hydrogen) atoms. The molecule has 0 aromatic carbocycles. The number of hydrogen-bond donors (Lipinski definition) is 2. The van der Waals surface area contributed by atoms with Gasteiger partial charge in [0, 0.05) is 18.1 Å². The standard InChI is InChI=1S/C10H9N5O3/c16-9(6-15-4-3-12-14-15)13-7-1-2-11-8(5-7)10(17)18/h1-5H,6H2,(H,17,18)(H,11,13,16). The smallest absolute Gasteiger partial charge is 0.354 e. The molecule has 2 heterocycles. The predicted octanol–water partition coefficient (Wildman–Crippen LogP) is 0.01000. The third-order valence-corrected chi connectivity index (χ3v) is 2.04. The maximum absolute atomic E-state index is 11.6. The van der Waals surface area contributed by atoms with E-state index in [-0.39, 0.29) is 18.1 Å². The van der Waals surface area contributed by atoms with Crippen LogP contribution in [0.3, 0.4) is 0 Å². The van der Waals surface area contributed by atoms with Gasteiger partial charge in [0.25, 0.3) is 0 Å². The van der Waals surface area contributed by atoms with Crippen LogP contribution in [0.25, 0.3) is 0 Å². The van der Waals surface area contributed by atoms with Crippen LogP contribution >= 0.6 is 0 Å². The van der Waals surface area contributed by atoms with E-state index in [9.17, 15) is 9.59 Å². The Balaban J connectivity index is 2.03. The lowest BCUT2D eigenvalue weighted by Gasteiger charge is -2.05. The molecule has 0 aliphatic heterocycles. The van der Waals surface area contributed by atoms with Crippen LogP contribution in [0, 0.1) is 0 Å². The molecule has 8 heteroatoms. The van der Waals surface area contributed by atoms with Gasteiger partial charge < -0.3 is 10.4 Å². The van der Waals surface area contributed by atoms with Gasteiger partial charge in [-0.15, -0.1) is 5.10 Å². The minimum atomic E-state index is -1.15. The molecule has 8 nitrogen and oxygen atoms in total. The van der Waals surface area contributed by atoms with Crippen LogP contribution in [0.2, 0.25) is 0 Å². The number of hydrogen-bond acceptors (Lipinski definition) is 5. The van der Waals surface area contributed by atoms with E-state index in [2.05, 4.69) is 20.6 Å². The van der Waals surface area contributed by atoms with Gasteiger partial charge in [0.15, 0.2) is 0 Å². The van der Waals surface area contributed by atoms with Crippen molar-refractivity contribution in [1.29, 1.82) is 0 Å². The van der Waals surface area contributed by atoms with E-state index in [4.69, 9.17) is 5.11 Å². The molecule has 0 bridgehead atoms. The Hall–Kier alpha value is -2.77. The highest BCUT2D eigenvalue weighted by Crippen LogP contribution is 2.07. The Morgan fingerprint density at radius 2 is 2.22 bits per heavy atom. The molecule has 1 amide bonds. The van der Waals surface area contributed by atoms with E-state index >= 15 is 0 Å². The largest absolute Gasteiger partial charge is 0.477 e. The second-order valence-electron chi connectivity index (χ2n) is 3.38. The monoisotopic (exact) mass is 247 g/mol. The Labute approximate surface area is 101 Å². The summed E-state index contributed by atoms with van der Waals surface area (Å²) >= 11 is 0. The zero-order valence-electron chi connectivity index (χ0n) is 9.15. The molecule has 0 saturated carbocycles. The van der Waals surface area contributed by atoms with Gasteiger partial charge in [0.05, 0.1) is 6.20 Å². The summed E-state index contributed by atoms with van der Waals surface area (Å²) < 4.78 is 1.36. The zero-order valence-corrected chi connectivity index (χ0v) is 9.15. The van der Waals surface area contributed by atoms with Crippen LogP contribution in [-0.4, -0.2) is 37.0 Å². The third-order valence-electron chi connectivity index (χ3n) is 2.04. The number of carboxylic acid groups (broad SMARTS) is 1. The van der Waals surface area contributed by atoms with Gasteiger partial charge in [0.2, 0.25) is 5.91 Å². The lowest BCUT2D eigenvalue weighted by atomic mass is 10.3. The second kappa shape index (κ2) is 5.04. The summed E-state index contributed by atoms with van der Waals surface area (Å²) in [7, 11) is 0. The summed E-state index contributed by atoms with van der Waals surface area (Å²) in [5, 5.41) is 18.5. The first kappa shape index (κ1) is 11.7. The molecule has 2 aromatic rings. The molecule has 0 spiro atoms. The van der Waals surface area contributed by atoms with Gasteiger partial charge in [-0.05, 0) is 12.1 Å². The van der Waals surface area contributed by atoms with E-state index in [0.717, 1.165) is 0 Å². The molecule has 0 radical (unpaired) electrons. The highest BCUT2D eigenvalue weighted by molar-refractivity contribution is 5.92. The molecule has 0 unspecified atom stereocenters. The summed E-state index contributed by atoms with van der Waals surface area (Å²) in [5.74, 6) is -1.48. The van der Waals surface area contributed by atoms with Crippen molar-refractivity contribution in [2.24, 2.45) is 0 Å². The number of nitrogens with one attached hydrogen (secondary N) is 1. The van der Waals surface area contributed by atoms with Crippen LogP contribution in [-0.2, 0) is 11.3 Å². The molecule has 2 aromatic heterocycles. The molecule has 92 valence electrons. The summed E-state index contributed by atoms with van der Waals surface area (Å²) in [6, 6.07) is 2.78. The zero-order chi connectivity index (χ0) is 13.0. The average Bonchev–Trinajstić information content (AvgIpc) is 2.82. The van der Waals surface area contributed by atoms with E-state index < -0.39 is 5.97 Å². The molecule has 0 atom stereocenters. The fourth-order valence-electron chi connectivity index (χ4n) is 1.29. The van der Waals surface area contributed by atoms with Crippen molar-refractivity contribution >= 4 is 17.6 Å². The topological polar surface area (TPSA) is 110 Å². The average molecular weight is 247 g/mol. The number of carbonyl (C=O) groups excluding carboxylic acids is 1. The Kier molecular flexibility index (Phi) is 3.28. The number of anilines is 1. The number of aromatic carboxylic acids is 1. The summed E-state index contributed by atoms with van der Waals surface area (Å²) in [4.78, 5) is 25.9. The second-order valence-corrected chi connectivity index (χ2v) is 3.38. The molecular formula is C10H9N5O3. The molecule has 2 rings (SSSR count). The van der Waals surface area contributed by atoms with E-state index in [1.165, 1.54) is 29.2 Å². The van der Waals surface area contributed by atoms with Gasteiger partial charge in [-0.3, -0.25) is 4.79 Å². The predicted molar refractivity (Wildman–Crippen MR) is 59.8 cm³/mol. The first-order valence-electron chi connectivity index (χ1n) is 4.98. The molecular weight excluding hydrogens is 238 g/mol. The van der Waals surface area contributed by atoms with Gasteiger partial charge in [-0.25, -0.2) is 14.5 Å². The van der Waals surface area contributed by atoms with Crippen LogP contribution < -0.4 is 5.32 Å². The summed E-state index contributed by atoms with van der Waals surface area (Å²) in [6.45, 7) is 0.00469. The van der Waals surface area contributed by atoms with E-state index in [1.807, 2.05) is 0 Å². The molecule has 0 aliphatic carbocycles. The first-order chi connectivity index (χ1) is 8.65. The normalized spacial score (nSPS) is 10.0. The lowest BCUT2D eigenvalue weighted by molar-refractivity contribution is -0.116. The number of carboxylic acids is 1. The number of amides is 1. The number of aromatic nitrogens is 4. The van der Waals surface area contributed by atoms with E-state index in [0.29, 0.717) is 5.69 Å². The van der Waals surface area contributed by atoms with Crippen LogP contribution in [0.4, 0.5) is 5.69 Å². The van der Waals surface area contributed by atoms with Crippen molar-refractivity contribution in [3.8, 4) is 0 Å². The van der Waals surface area contributed by atoms with Gasteiger partial charge in [-0.1, -0.05) is 5.21 Å². The van der Waals surface area contributed by atoms with E-state index in [1.54, 1.807) is 6.20 Å². The van der Waals surface area contributed by atoms with Gasteiger partial charge >= 0.3 is 5.97 Å². The van der Waals surface area contributed by atoms with Crippen LogP contribution in [0.15, 0.2) is 30.7 Å². The summed E-state index contributed by atoms with van der Waals surface area (Å²) in [5.41, 5.74) is 0.237. The Morgan fingerprint density at radius 1 is 1.39 bits per heavy atom. The molecule has 0 saturated heterocycles. The molecule has 0 fully saturated rings. The van der Waals surface area contributed by atoms with Gasteiger partial charge in [0.1, 0.15) is 12.2 Å². The third kappa shape index (κ3) is 2.88. The lowest BCUT2D eigenvalue weighted by Crippen LogP contribution is -2.19. The maximum atomic E-state index is 11.6. The van der Waals surface area contributed by atoms with Crippen molar-refractivity contribution in [3.05, 3.63) is 36.4 Å². The number of pyridine rings is 1. The van der Waals surface area contributed by atoms with Crippen molar-refractivity contribution < 1.29 is 14.7 Å². The van der Waals surface area contributed by atoms with Crippen LogP contribution in [0.5, 0.6) is 0 Å². The summed E-state index contributed by atoms with van der Waals surface area (Å²) in [6.07, 6.45) is 4.32. The Bertz CT molecular complexity index is 567. The number of carbonyl (C=O) groups is 2. The Morgan fingerprint density at radius 3 is 2.89 bits per heavy atom. The molecule has 0 aliphatic rings. The first-order valence-corrected chi connectivity index (χ1v) is 4.98. The highest BCUT2D eigenvalue weighted by atomic mass is 16.4. The minimum Gasteiger partial charge on any atom is -0.477 e. The maximum Gasteiger partial charge on any atom is 0.354 e. The molecule has 2 N–H and O–H groups in total. The quantitative estimate of drug-likeness (QED) is 0.787. The number of rotatable bonds is 4. The SMILES string of the molecule is O=C(Cn1ccnn1)Nc1ccnc(C(=O)O)c1. The minimum absolute atomic E-state index is 0.00469. The van der Waals surface area contributed by atoms with Crippen LogP contribution in [0.1, 0.15) is 10.5 Å². The highest BCUT2D eigenvalue weighted by Gasteiger charge is 2.08. The van der Waals surface area contributed by atoms with Crippen molar-refractivity contribution in [2.45, 2.75) is 6.54 Å². The van der Waals surface area contributed by atoms with Crippen molar-refractivity contribution in [2.75, 3.05) is 5.32 Å². The van der Waals surface area contributed by atoms with Gasteiger partial charge in [-0.2, -0.15) is 0 Å².